The fourth-order valence-electron chi connectivity index (χ4n) is 4.23. The molecule has 26 heavy (non-hydrogen) atoms. The molecule has 2 amide bonds. The van der Waals surface area contributed by atoms with Crippen molar-refractivity contribution >= 4 is 11.8 Å². The normalized spacial score (nSPS) is 27.8. The van der Waals surface area contributed by atoms with Crippen LogP contribution in [0.5, 0.6) is 0 Å². The summed E-state index contributed by atoms with van der Waals surface area (Å²) in [5.74, 6) is 1.42. The van der Waals surface area contributed by atoms with E-state index in [4.69, 9.17) is 4.98 Å². The van der Waals surface area contributed by atoms with Gasteiger partial charge in [0.05, 0.1) is 23.8 Å². The topological polar surface area (TPSA) is 86.4 Å². The molecule has 0 bridgehead atoms. The van der Waals surface area contributed by atoms with Gasteiger partial charge in [-0.3, -0.25) is 14.4 Å². The molecule has 1 saturated heterocycles. The van der Waals surface area contributed by atoms with Crippen LogP contribution >= 0.6 is 0 Å². The Balaban J connectivity index is 1.62. The lowest BCUT2D eigenvalue weighted by Gasteiger charge is -2.36. The van der Waals surface area contributed by atoms with Gasteiger partial charge in [0, 0.05) is 32.4 Å². The number of aromatic amines is 1. The Morgan fingerprint density at radius 1 is 1.23 bits per heavy atom. The van der Waals surface area contributed by atoms with Crippen LogP contribution in [0.1, 0.15) is 62.7 Å². The molecular weight excluding hydrogens is 332 g/mol. The Kier molecular flexibility index (Phi) is 4.32. The molecule has 2 aliphatic heterocycles. The van der Waals surface area contributed by atoms with E-state index >= 15 is 0 Å². The Labute approximate surface area is 152 Å². The zero-order valence-electron chi connectivity index (χ0n) is 15.5. The quantitative estimate of drug-likeness (QED) is 0.865. The highest BCUT2D eigenvalue weighted by molar-refractivity contribution is 5.82. The number of nitrogens with zero attached hydrogens (tertiary/aromatic N) is 3. The first-order valence-electron chi connectivity index (χ1n) is 9.63. The highest BCUT2D eigenvalue weighted by atomic mass is 16.2. The molecule has 7 heteroatoms. The van der Waals surface area contributed by atoms with E-state index in [0.29, 0.717) is 36.8 Å². The summed E-state index contributed by atoms with van der Waals surface area (Å²) in [6.07, 6.45) is 4.44. The predicted molar refractivity (Wildman–Crippen MR) is 95.2 cm³/mol. The summed E-state index contributed by atoms with van der Waals surface area (Å²) in [5, 5.41) is 0. The van der Waals surface area contributed by atoms with Gasteiger partial charge >= 0.3 is 0 Å². The molecule has 3 atom stereocenters. The number of amides is 2. The summed E-state index contributed by atoms with van der Waals surface area (Å²) >= 11 is 0. The summed E-state index contributed by atoms with van der Waals surface area (Å²) in [6.45, 7) is 5.28. The number of carbonyl (C=O) groups excluding carboxylic acids is 2. The van der Waals surface area contributed by atoms with E-state index in [2.05, 4.69) is 11.9 Å². The molecule has 0 radical (unpaired) electrons. The Hall–Kier alpha value is -2.18. The Morgan fingerprint density at radius 2 is 2.00 bits per heavy atom. The van der Waals surface area contributed by atoms with Crippen LogP contribution in [-0.4, -0.2) is 44.7 Å². The summed E-state index contributed by atoms with van der Waals surface area (Å²) in [4.78, 5) is 48.3. The standard InChI is InChI=1S/C19H26N4O3/c1-11-9-13(11)19(26)23-7-4-3-5-16(23)17-20-15-6-8-22(12(2)24)10-14(15)18(25)21-17/h11,13,16H,3-10H2,1-2H3,(H,20,21,25)/t11-,13-,16+/m1/s1. The molecule has 2 fully saturated rings. The molecule has 7 nitrogen and oxygen atoms in total. The van der Waals surface area contributed by atoms with Crippen molar-refractivity contribution in [3.05, 3.63) is 27.4 Å². The van der Waals surface area contributed by atoms with Gasteiger partial charge in [-0.25, -0.2) is 4.98 Å². The van der Waals surface area contributed by atoms with Crippen molar-refractivity contribution < 1.29 is 9.59 Å². The smallest absolute Gasteiger partial charge is 0.256 e. The van der Waals surface area contributed by atoms with Gasteiger partial charge < -0.3 is 14.8 Å². The molecule has 1 saturated carbocycles. The maximum absolute atomic E-state index is 12.8. The van der Waals surface area contributed by atoms with E-state index in [1.54, 1.807) is 4.90 Å². The lowest BCUT2D eigenvalue weighted by Crippen LogP contribution is -2.42. The minimum atomic E-state index is -0.172. The van der Waals surface area contributed by atoms with Gasteiger partial charge in [-0.15, -0.1) is 0 Å². The van der Waals surface area contributed by atoms with Crippen LogP contribution in [0.3, 0.4) is 0 Å². The number of aromatic nitrogens is 2. The molecule has 4 rings (SSSR count). The van der Waals surface area contributed by atoms with E-state index in [9.17, 15) is 14.4 Å². The van der Waals surface area contributed by atoms with Gasteiger partial charge in [0.15, 0.2) is 0 Å². The van der Waals surface area contributed by atoms with Crippen molar-refractivity contribution in [1.29, 1.82) is 0 Å². The Morgan fingerprint density at radius 3 is 2.69 bits per heavy atom. The van der Waals surface area contributed by atoms with E-state index in [0.717, 1.165) is 37.9 Å². The van der Waals surface area contributed by atoms with Crippen LogP contribution in [0.15, 0.2) is 4.79 Å². The van der Waals surface area contributed by atoms with Crippen LogP contribution in [0.4, 0.5) is 0 Å². The van der Waals surface area contributed by atoms with Gasteiger partial charge in [0.25, 0.3) is 5.56 Å². The number of carbonyl (C=O) groups is 2. The maximum Gasteiger partial charge on any atom is 0.256 e. The van der Waals surface area contributed by atoms with Gasteiger partial charge in [-0.2, -0.15) is 0 Å². The molecule has 1 aromatic heterocycles. The number of rotatable bonds is 2. The van der Waals surface area contributed by atoms with Gasteiger partial charge in [-0.1, -0.05) is 6.92 Å². The first-order chi connectivity index (χ1) is 12.5. The third-order valence-corrected chi connectivity index (χ3v) is 6.06. The largest absolute Gasteiger partial charge is 0.338 e. The van der Waals surface area contributed by atoms with Crippen LogP contribution < -0.4 is 5.56 Å². The highest BCUT2D eigenvalue weighted by Crippen LogP contribution is 2.42. The predicted octanol–water partition coefficient (Wildman–Crippen LogP) is 1.38. The maximum atomic E-state index is 12.8. The number of fused-ring (bicyclic) bond motifs is 1. The molecule has 0 aromatic carbocycles. The second-order valence-corrected chi connectivity index (χ2v) is 7.93. The van der Waals surface area contributed by atoms with E-state index in [1.165, 1.54) is 6.92 Å². The van der Waals surface area contributed by atoms with Crippen LogP contribution in [0, 0.1) is 11.8 Å². The monoisotopic (exact) mass is 358 g/mol. The summed E-state index contributed by atoms with van der Waals surface area (Å²) in [5.41, 5.74) is 1.19. The van der Waals surface area contributed by atoms with Crippen LogP contribution in [0.25, 0.3) is 0 Å². The first kappa shape index (κ1) is 17.2. The molecule has 1 aromatic rings. The molecule has 3 aliphatic rings. The summed E-state index contributed by atoms with van der Waals surface area (Å²) in [7, 11) is 0. The number of H-pyrrole nitrogens is 1. The van der Waals surface area contributed by atoms with E-state index in [1.807, 2.05) is 4.90 Å². The van der Waals surface area contributed by atoms with Crippen molar-refractivity contribution in [1.82, 2.24) is 19.8 Å². The summed E-state index contributed by atoms with van der Waals surface area (Å²) < 4.78 is 0. The third kappa shape index (κ3) is 3.04. The highest BCUT2D eigenvalue weighted by Gasteiger charge is 2.44. The number of nitrogens with one attached hydrogen (secondary N) is 1. The zero-order chi connectivity index (χ0) is 18.4. The van der Waals surface area contributed by atoms with Crippen molar-refractivity contribution in [2.45, 2.75) is 58.5 Å². The third-order valence-electron chi connectivity index (χ3n) is 6.06. The number of hydrogen-bond acceptors (Lipinski definition) is 4. The SMILES string of the molecule is CC(=O)N1CCc2nc([C@@H]3CCCCN3C(=O)[C@@H]3C[C@H]3C)[nH]c(=O)c2C1. The molecular formula is C19H26N4O3. The minimum absolute atomic E-state index is 0.0262. The van der Waals surface area contributed by atoms with Gasteiger partial charge in [0.2, 0.25) is 11.8 Å². The van der Waals surface area contributed by atoms with E-state index in [-0.39, 0.29) is 29.3 Å². The van der Waals surface area contributed by atoms with Crippen molar-refractivity contribution in [2.24, 2.45) is 11.8 Å². The molecule has 0 spiro atoms. The lowest BCUT2D eigenvalue weighted by molar-refractivity contribution is -0.137. The first-order valence-corrected chi connectivity index (χ1v) is 9.63. The number of hydrogen-bond donors (Lipinski definition) is 1. The average Bonchev–Trinajstić information content (AvgIpc) is 3.37. The second-order valence-electron chi connectivity index (χ2n) is 7.93. The Bertz CT molecular complexity index is 802. The molecule has 1 N–H and O–H groups in total. The second kappa shape index (κ2) is 6.52. The zero-order valence-corrected chi connectivity index (χ0v) is 15.5. The number of piperidine rings is 1. The molecule has 140 valence electrons. The molecule has 3 heterocycles. The van der Waals surface area contributed by atoms with Crippen molar-refractivity contribution in [3.8, 4) is 0 Å². The molecule has 0 unspecified atom stereocenters. The fourth-order valence-corrected chi connectivity index (χ4v) is 4.23. The van der Waals surface area contributed by atoms with Crippen LogP contribution in [-0.2, 0) is 22.6 Å². The summed E-state index contributed by atoms with van der Waals surface area (Å²) in [6, 6.07) is -0.132. The van der Waals surface area contributed by atoms with E-state index < -0.39 is 0 Å². The molecule has 1 aliphatic carbocycles. The van der Waals surface area contributed by atoms with Gasteiger partial charge in [-0.05, 0) is 31.6 Å². The van der Waals surface area contributed by atoms with Crippen molar-refractivity contribution in [3.63, 3.8) is 0 Å². The number of likely N-dealkylation sites (tertiary alicyclic amines) is 1. The van der Waals surface area contributed by atoms with Gasteiger partial charge in [0.1, 0.15) is 5.82 Å². The van der Waals surface area contributed by atoms with Crippen LogP contribution in [0.2, 0.25) is 0 Å². The average molecular weight is 358 g/mol. The minimum Gasteiger partial charge on any atom is -0.338 e. The fraction of sp³-hybridized carbons (Fsp3) is 0.684. The van der Waals surface area contributed by atoms with Crippen molar-refractivity contribution in [2.75, 3.05) is 13.1 Å². The lowest BCUT2D eigenvalue weighted by atomic mass is 9.99.